The van der Waals surface area contributed by atoms with E-state index in [1.54, 1.807) is 24.3 Å². The smallest absolute Gasteiger partial charge is 0 e. The van der Waals surface area contributed by atoms with Crippen LogP contribution in [0.15, 0.2) is 30.3 Å². The van der Waals surface area contributed by atoms with Crippen molar-refractivity contribution in [3.8, 4) is 0 Å². The van der Waals surface area contributed by atoms with Crippen LogP contribution in [0.2, 0.25) is 0 Å². The Morgan fingerprint density at radius 1 is 1.23 bits per heavy atom. The maximum atomic E-state index is 10.3. The van der Waals surface area contributed by atoms with Gasteiger partial charge in [-0.15, -0.1) is 0 Å². The molecule has 4 nitrogen and oxygen atoms in total. The molecule has 13 heavy (non-hydrogen) atoms. The van der Waals surface area contributed by atoms with Gasteiger partial charge >= 0.3 is 72.7 Å². The zero-order chi connectivity index (χ0) is 9.03. The van der Waals surface area contributed by atoms with Gasteiger partial charge in [0.1, 0.15) is 0 Å². The quantitative estimate of drug-likeness (QED) is 0.726. The van der Waals surface area contributed by atoms with E-state index in [2.05, 4.69) is 3.73 Å². The van der Waals surface area contributed by atoms with Crippen molar-refractivity contribution in [1.82, 2.24) is 0 Å². The normalized spacial score (nSPS) is 10.6. The van der Waals surface area contributed by atoms with Gasteiger partial charge in [-0.3, -0.25) is 0 Å². The molecule has 0 amide bonds. The fraction of sp³-hybridized carbons (Fsp3) is 0.143. The van der Waals surface area contributed by atoms with Gasteiger partial charge in [0.2, 0.25) is 0 Å². The predicted octanol–water partition coefficient (Wildman–Crippen LogP) is -0.327. The molecule has 1 aromatic rings. The van der Waals surface area contributed by atoms with E-state index in [1.165, 1.54) is 0 Å². The van der Waals surface area contributed by atoms with Crippen LogP contribution in [-0.2, 0) is 14.1 Å². The zero-order valence-electron chi connectivity index (χ0n) is 7.25. The fourth-order valence-electron chi connectivity index (χ4n) is 0.733. The molecule has 0 aliphatic rings. The van der Waals surface area contributed by atoms with Crippen LogP contribution in [0.4, 0.5) is 0 Å². The number of benzene rings is 1. The fourth-order valence-corrected chi connectivity index (χ4v) is 1.40. The van der Waals surface area contributed by atoms with E-state index >= 15 is 0 Å². The third kappa shape index (κ3) is 6.52. The summed E-state index contributed by atoms with van der Waals surface area (Å²) in [6.07, 6.45) is 0. The number of hydrogen-bond acceptors (Lipinski definition) is 2. The predicted molar refractivity (Wildman–Crippen MR) is 47.9 cm³/mol. The van der Waals surface area contributed by atoms with Crippen LogP contribution in [0.25, 0.3) is 0 Å². The minimum Gasteiger partial charge on any atom is 0 e. The molecule has 2 N–H and O–H groups in total. The third-order valence-corrected chi connectivity index (χ3v) is 2.22. The summed E-state index contributed by atoms with van der Waals surface area (Å²) in [6, 6.07) is 8.87. The molecule has 0 aliphatic carbocycles. The van der Waals surface area contributed by atoms with Gasteiger partial charge < -0.3 is 0 Å². The molecule has 0 heterocycles. The number of rotatable bonds is 3. The summed E-state index contributed by atoms with van der Waals surface area (Å²) in [4.78, 5) is 0. The van der Waals surface area contributed by atoms with E-state index in [-0.39, 0.29) is 36.2 Å². The van der Waals surface area contributed by atoms with E-state index in [9.17, 15) is 3.74 Å². The van der Waals surface area contributed by atoms with Crippen molar-refractivity contribution in [2.24, 2.45) is 0 Å². The maximum Gasteiger partial charge on any atom is 0 e. The summed E-state index contributed by atoms with van der Waals surface area (Å²) in [7, 11) is 0. The standard InChI is InChI=1S/C7H9AsO4.Na/c9-8(10,11)12-6-7-4-2-1-3-5-7;/h1-5H,6H2,(H2,9,10,11);. The van der Waals surface area contributed by atoms with Crippen molar-refractivity contribution in [3.05, 3.63) is 35.9 Å². The van der Waals surface area contributed by atoms with E-state index in [4.69, 9.17) is 8.19 Å². The minimum absolute atomic E-state index is 0. The van der Waals surface area contributed by atoms with Gasteiger partial charge in [-0.1, -0.05) is 0 Å². The van der Waals surface area contributed by atoms with Gasteiger partial charge in [0.15, 0.2) is 0 Å². The average molecular weight is 255 g/mol. The van der Waals surface area contributed by atoms with Gasteiger partial charge in [-0.2, -0.15) is 0 Å². The first-order chi connectivity index (χ1) is 5.58. The molecule has 0 aromatic heterocycles. The Labute approximate surface area is 102 Å². The van der Waals surface area contributed by atoms with Crippen LogP contribution in [0.1, 0.15) is 5.56 Å². The van der Waals surface area contributed by atoms with Crippen LogP contribution in [0.5, 0.6) is 0 Å². The summed E-state index contributed by atoms with van der Waals surface area (Å²) in [6.45, 7) is -0.0374. The molecule has 1 aromatic carbocycles. The molecule has 0 aliphatic heterocycles. The van der Waals surface area contributed by atoms with Crippen molar-refractivity contribution >= 4 is 44.1 Å². The van der Waals surface area contributed by atoms with Crippen LogP contribution in [0, 0.1) is 0 Å². The summed E-state index contributed by atoms with van der Waals surface area (Å²) in [5.74, 6) is 0. The second kappa shape index (κ2) is 6.04. The van der Waals surface area contributed by atoms with Gasteiger partial charge in [0, 0.05) is 29.6 Å². The van der Waals surface area contributed by atoms with Gasteiger partial charge in [0.25, 0.3) is 0 Å². The third-order valence-electron chi connectivity index (χ3n) is 1.24. The minimum atomic E-state index is -4.90. The van der Waals surface area contributed by atoms with Gasteiger partial charge in [0.05, 0.1) is 0 Å². The van der Waals surface area contributed by atoms with Crippen molar-refractivity contribution in [2.45, 2.75) is 6.61 Å². The largest absolute Gasteiger partial charge is 0 e. The van der Waals surface area contributed by atoms with E-state index in [0.717, 1.165) is 5.56 Å². The first-order valence-electron chi connectivity index (χ1n) is 3.32. The molecule has 6 heteroatoms. The second-order valence-electron chi connectivity index (χ2n) is 2.25. The Morgan fingerprint density at radius 3 is 2.23 bits per heavy atom. The molecule has 67 valence electrons. The Hall–Kier alpha value is 0.458. The van der Waals surface area contributed by atoms with Gasteiger partial charge in [-0.05, 0) is 0 Å². The molecular formula is C7H9AsNaO4. The van der Waals surface area contributed by atoms with Crippen molar-refractivity contribution in [3.63, 3.8) is 0 Å². The summed E-state index contributed by atoms with van der Waals surface area (Å²) in [5.41, 5.74) is 0.752. The Kier molecular flexibility index (Phi) is 6.25. The SMILES string of the molecule is O=[As](O)(O)OCc1ccccc1.[Na]. The van der Waals surface area contributed by atoms with Crippen LogP contribution in [-0.4, -0.2) is 52.3 Å². The Bertz CT molecular complexity index is 284. The summed E-state index contributed by atoms with van der Waals surface area (Å²) >= 11 is -4.90. The van der Waals surface area contributed by atoms with Crippen LogP contribution < -0.4 is 0 Å². The summed E-state index contributed by atoms with van der Waals surface area (Å²) in [5, 5.41) is 0. The van der Waals surface area contributed by atoms with Crippen LogP contribution in [0.3, 0.4) is 0 Å². The molecular weight excluding hydrogens is 246 g/mol. The van der Waals surface area contributed by atoms with Gasteiger partial charge in [-0.25, -0.2) is 0 Å². The molecule has 0 saturated carbocycles. The molecule has 0 bridgehead atoms. The monoisotopic (exact) mass is 255 g/mol. The topological polar surface area (TPSA) is 66.8 Å². The van der Waals surface area contributed by atoms with E-state index < -0.39 is 14.5 Å². The van der Waals surface area contributed by atoms with Crippen molar-refractivity contribution in [2.75, 3.05) is 0 Å². The Morgan fingerprint density at radius 2 is 1.77 bits per heavy atom. The van der Waals surface area contributed by atoms with E-state index in [0.29, 0.717) is 0 Å². The molecule has 1 rings (SSSR count). The number of hydrogen-bond donors (Lipinski definition) is 2. The van der Waals surface area contributed by atoms with Crippen molar-refractivity contribution in [1.29, 1.82) is 0 Å². The molecule has 0 unspecified atom stereocenters. The molecule has 0 fully saturated rings. The molecule has 0 spiro atoms. The maximum absolute atomic E-state index is 10.3. The summed E-state index contributed by atoms with van der Waals surface area (Å²) < 4.78 is 31.5. The molecule has 0 atom stereocenters. The second-order valence-corrected chi connectivity index (χ2v) is 4.85. The van der Waals surface area contributed by atoms with Crippen molar-refractivity contribution < 1.29 is 15.7 Å². The zero-order valence-corrected chi connectivity index (χ0v) is 11.1. The van der Waals surface area contributed by atoms with Crippen LogP contribution >= 0.6 is 0 Å². The molecule has 0 saturated heterocycles. The first-order valence-corrected chi connectivity index (χ1v) is 6.53. The average Bonchev–Trinajstić information content (AvgIpc) is 2.02. The first kappa shape index (κ1) is 13.5. The molecule has 1 radical (unpaired) electrons. The van der Waals surface area contributed by atoms with E-state index in [1.807, 2.05) is 6.07 Å². The Balaban J connectivity index is 0.00000144.